The summed E-state index contributed by atoms with van der Waals surface area (Å²) in [6, 6.07) is 3.59. The molecule has 1 aromatic rings. The molecule has 3 nitrogen and oxygen atoms in total. The predicted octanol–water partition coefficient (Wildman–Crippen LogP) is 1.22. The van der Waals surface area contributed by atoms with Crippen LogP contribution in [0, 0.1) is 0 Å². The van der Waals surface area contributed by atoms with Gasteiger partial charge in [0.15, 0.2) is 0 Å². The van der Waals surface area contributed by atoms with E-state index in [2.05, 4.69) is 9.98 Å². The summed E-state index contributed by atoms with van der Waals surface area (Å²) in [6.07, 6.45) is 2.95. The second-order valence-corrected chi connectivity index (χ2v) is 2.37. The second-order valence-electron chi connectivity index (χ2n) is 1.98. The first kappa shape index (κ1) is 8.01. The average molecular weight is 170 g/mol. The number of hydrogen-bond acceptors (Lipinski definition) is 2. The summed E-state index contributed by atoms with van der Waals surface area (Å²) < 4.78 is 0. The maximum absolute atomic E-state index is 5.57. The van der Waals surface area contributed by atoms with E-state index >= 15 is 0 Å². The maximum Gasteiger partial charge on any atom is 0.129 e. The zero-order chi connectivity index (χ0) is 8.10. The van der Waals surface area contributed by atoms with Gasteiger partial charge in [0.05, 0.1) is 12.9 Å². The Bertz CT molecular complexity index is 242. The Morgan fingerprint density at radius 2 is 2.45 bits per heavy atom. The van der Waals surface area contributed by atoms with Gasteiger partial charge in [-0.25, -0.2) is 4.98 Å². The van der Waals surface area contributed by atoms with Crippen molar-refractivity contribution in [1.29, 1.82) is 0 Å². The minimum Gasteiger partial charge on any atom is -0.390 e. The molecule has 0 unspecified atom stereocenters. The molecule has 4 heteroatoms. The number of nitrogens with zero attached hydrogens (tertiary/aromatic N) is 2. The third-order valence-electron chi connectivity index (χ3n) is 1.17. The molecule has 1 rings (SSSR count). The zero-order valence-corrected chi connectivity index (χ0v) is 6.62. The van der Waals surface area contributed by atoms with Crippen molar-refractivity contribution in [1.82, 2.24) is 4.98 Å². The highest BCUT2D eigenvalue weighted by atomic mass is 35.5. The van der Waals surface area contributed by atoms with Crippen LogP contribution in [0.1, 0.15) is 5.56 Å². The summed E-state index contributed by atoms with van der Waals surface area (Å²) >= 11 is 5.57. The van der Waals surface area contributed by atoms with Crippen molar-refractivity contribution in [3.63, 3.8) is 0 Å². The summed E-state index contributed by atoms with van der Waals surface area (Å²) in [4.78, 5) is 7.72. The van der Waals surface area contributed by atoms with Crippen molar-refractivity contribution < 1.29 is 0 Å². The summed E-state index contributed by atoms with van der Waals surface area (Å²) in [5.41, 5.74) is 6.06. The molecule has 0 aliphatic rings. The number of aliphatic imine (C=N–C) groups is 1. The molecule has 2 N–H and O–H groups in total. The first-order valence-electron chi connectivity index (χ1n) is 3.13. The molecular formula is C7H8ClN3. The average Bonchev–Trinajstić information content (AvgIpc) is 2.04. The molecule has 0 bridgehead atoms. The molecule has 0 aromatic carbocycles. The molecule has 0 saturated carbocycles. The SMILES string of the molecule is NC=NCc1ccc(Cl)nc1. The van der Waals surface area contributed by atoms with Crippen LogP contribution in [-0.4, -0.2) is 11.3 Å². The molecular weight excluding hydrogens is 162 g/mol. The number of rotatable bonds is 2. The maximum atomic E-state index is 5.57. The van der Waals surface area contributed by atoms with E-state index in [0.29, 0.717) is 11.7 Å². The summed E-state index contributed by atoms with van der Waals surface area (Å²) in [6.45, 7) is 0.556. The van der Waals surface area contributed by atoms with Gasteiger partial charge >= 0.3 is 0 Å². The Balaban J connectivity index is 2.66. The lowest BCUT2D eigenvalue weighted by molar-refractivity contribution is 1.05. The van der Waals surface area contributed by atoms with Crippen molar-refractivity contribution in [2.75, 3.05) is 0 Å². The summed E-state index contributed by atoms with van der Waals surface area (Å²) in [5, 5.41) is 0.491. The van der Waals surface area contributed by atoms with Crippen LogP contribution < -0.4 is 5.73 Å². The van der Waals surface area contributed by atoms with E-state index in [1.807, 2.05) is 6.07 Å². The molecule has 58 valence electrons. The Morgan fingerprint density at radius 1 is 1.64 bits per heavy atom. The van der Waals surface area contributed by atoms with Crippen LogP contribution in [0.3, 0.4) is 0 Å². The standard InChI is InChI=1S/C7H8ClN3/c8-7-2-1-6(4-11-7)3-10-5-9/h1-2,4-5H,3H2,(H2,9,10). The van der Waals surface area contributed by atoms with Gasteiger partial charge in [0.25, 0.3) is 0 Å². The lowest BCUT2D eigenvalue weighted by Gasteiger charge is -1.93. The lowest BCUT2D eigenvalue weighted by atomic mass is 10.3. The van der Waals surface area contributed by atoms with Gasteiger partial charge in [-0.15, -0.1) is 0 Å². The van der Waals surface area contributed by atoms with Crippen LogP contribution in [0.4, 0.5) is 0 Å². The fraction of sp³-hybridized carbons (Fsp3) is 0.143. The first-order valence-corrected chi connectivity index (χ1v) is 3.51. The largest absolute Gasteiger partial charge is 0.390 e. The highest BCUT2D eigenvalue weighted by Crippen LogP contribution is 2.05. The molecule has 0 radical (unpaired) electrons. The molecule has 0 aliphatic carbocycles. The number of pyridine rings is 1. The summed E-state index contributed by atoms with van der Waals surface area (Å²) in [7, 11) is 0. The molecule has 1 aromatic heterocycles. The van der Waals surface area contributed by atoms with Crippen LogP contribution >= 0.6 is 11.6 Å². The predicted molar refractivity (Wildman–Crippen MR) is 45.6 cm³/mol. The molecule has 0 spiro atoms. The van der Waals surface area contributed by atoms with Gasteiger partial charge < -0.3 is 5.73 Å². The fourth-order valence-electron chi connectivity index (χ4n) is 0.658. The molecule has 11 heavy (non-hydrogen) atoms. The minimum atomic E-state index is 0.491. The first-order chi connectivity index (χ1) is 5.33. The Kier molecular flexibility index (Phi) is 2.86. The lowest BCUT2D eigenvalue weighted by Crippen LogP contribution is -1.90. The third-order valence-corrected chi connectivity index (χ3v) is 1.39. The summed E-state index contributed by atoms with van der Waals surface area (Å²) in [5.74, 6) is 0. The van der Waals surface area contributed by atoms with Crippen LogP contribution in [-0.2, 0) is 6.54 Å². The minimum absolute atomic E-state index is 0.491. The van der Waals surface area contributed by atoms with Crippen molar-refractivity contribution in [2.24, 2.45) is 10.7 Å². The van der Waals surface area contributed by atoms with Crippen LogP contribution in [0.2, 0.25) is 5.15 Å². The van der Waals surface area contributed by atoms with Crippen molar-refractivity contribution in [3.8, 4) is 0 Å². The Hall–Kier alpha value is -1.09. The van der Waals surface area contributed by atoms with Crippen LogP contribution in [0.25, 0.3) is 0 Å². The quantitative estimate of drug-likeness (QED) is 0.411. The van der Waals surface area contributed by atoms with E-state index in [1.165, 1.54) is 6.34 Å². The highest BCUT2D eigenvalue weighted by Gasteiger charge is 1.90. The smallest absolute Gasteiger partial charge is 0.129 e. The monoisotopic (exact) mass is 169 g/mol. The highest BCUT2D eigenvalue weighted by molar-refractivity contribution is 6.29. The second kappa shape index (κ2) is 3.93. The molecule has 0 atom stereocenters. The van der Waals surface area contributed by atoms with Crippen molar-refractivity contribution in [2.45, 2.75) is 6.54 Å². The topological polar surface area (TPSA) is 51.3 Å². The van der Waals surface area contributed by atoms with Crippen molar-refractivity contribution in [3.05, 3.63) is 29.0 Å². The normalized spacial score (nSPS) is 10.6. The molecule has 0 saturated heterocycles. The Labute approximate surface area is 69.9 Å². The van der Waals surface area contributed by atoms with Gasteiger partial charge in [-0.3, -0.25) is 4.99 Å². The van der Waals surface area contributed by atoms with Crippen molar-refractivity contribution >= 4 is 17.9 Å². The zero-order valence-electron chi connectivity index (χ0n) is 5.87. The van der Waals surface area contributed by atoms with Gasteiger partial charge in [0, 0.05) is 6.20 Å². The van der Waals surface area contributed by atoms with E-state index in [0.717, 1.165) is 5.56 Å². The number of halogens is 1. The van der Waals surface area contributed by atoms with Gasteiger partial charge in [0.1, 0.15) is 5.15 Å². The van der Waals surface area contributed by atoms with E-state index in [9.17, 15) is 0 Å². The van der Waals surface area contributed by atoms with E-state index in [-0.39, 0.29) is 0 Å². The van der Waals surface area contributed by atoms with E-state index < -0.39 is 0 Å². The van der Waals surface area contributed by atoms with Crippen LogP contribution in [0.15, 0.2) is 23.3 Å². The number of nitrogens with two attached hydrogens (primary N) is 1. The number of hydrogen-bond donors (Lipinski definition) is 1. The van der Waals surface area contributed by atoms with E-state index in [4.69, 9.17) is 17.3 Å². The molecule has 0 fully saturated rings. The number of aromatic nitrogens is 1. The van der Waals surface area contributed by atoms with Gasteiger partial charge in [-0.1, -0.05) is 17.7 Å². The molecule has 0 aliphatic heterocycles. The van der Waals surface area contributed by atoms with Gasteiger partial charge in [-0.05, 0) is 11.6 Å². The molecule has 1 heterocycles. The van der Waals surface area contributed by atoms with Gasteiger partial charge in [0.2, 0.25) is 0 Å². The Morgan fingerprint density at radius 3 is 3.00 bits per heavy atom. The van der Waals surface area contributed by atoms with E-state index in [1.54, 1.807) is 12.3 Å². The fourth-order valence-corrected chi connectivity index (χ4v) is 0.770. The third kappa shape index (κ3) is 2.55. The van der Waals surface area contributed by atoms with Crippen LogP contribution in [0.5, 0.6) is 0 Å². The van der Waals surface area contributed by atoms with Gasteiger partial charge in [-0.2, -0.15) is 0 Å². The molecule has 0 amide bonds.